The lowest BCUT2D eigenvalue weighted by molar-refractivity contribution is 0.0947. The van der Waals surface area contributed by atoms with Crippen LogP contribution in [-0.2, 0) is 16.4 Å². The summed E-state index contributed by atoms with van der Waals surface area (Å²) in [6.45, 7) is 1.96. The molecule has 3 rings (SSSR count). The summed E-state index contributed by atoms with van der Waals surface area (Å²) < 4.78 is 26.4. The average Bonchev–Trinajstić information content (AvgIpc) is 3.21. The molecule has 27 heavy (non-hydrogen) atoms. The number of carbonyl (C=O) groups excluding carboxylic acids is 1. The van der Waals surface area contributed by atoms with Gasteiger partial charge in [-0.1, -0.05) is 25.1 Å². The maximum Gasteiger partial charge on any atom is 0.252 e. The van der Waals surface area contributed by atoms with Gasteiger partial charge in [0.1, 0.15) is 12.7 Å². The first-order chi connectivity index (χ1) is 13.0. The van der Waals surface area contributed by atoms with Crippen molar-refractivity contribution >= 4 is 15.7 Å². The van der Waals surface area contributed by atoms with Crippen molar-refractivity contribution in [1.82, 2.24) is 25.1 Å². The Balaban J connectivity index is 1.83. The number of nitrogens with zero attached hydrogens (tertiary/aromatic N) is 4. The van der Waals surface area contributed by atoms with Crippen molar-refractivity contribution in [2.45, 2.75) is 24.8 Å². The highest BCUT2D eigenvalue weighted by Gasteiger charge is 2.21. The van der Waals surface area contributed by atoms with Crippen LogP contribution in [0.1, 0.15) is 29.3 Å². The number of sulfone groups is 1. The van der Waals surface area contributed by atoms with E-state index in [2.05, 4.69) is 20.4 Å². The van der Waals surface area contributed by atoms with Gasteiger partial charge in [-0.3, -0.25) is 4.79 Å². The molecule has 0 aliphatic carbocycles. The highest BCUT2D eigenvalue weighted by molar-refractivity contribution is 7.91. The molecule has 0 saturated heterocycles. The minimum absolute atomic E-state index is 0.00363. The highest BCUT2D eigenvalue weighted by atomic mass is 32.2. The average molecular weight is 385 g/mol. The fourth-order valence-electron chi connectivity index (χ4n) is 2.67. The van der Waals surface area contributed by atoms with Crippen molar-refractivity contribution in [2.75, 3.05) is 5.75 Å². The lowest BCUT2D eigenvalue weighted by atomic mass is 10.2. The Morgan fingerprint density at radius 1 is 1.19 bits per heavy atom. The van der Waals surface area contributed by atoms with E-state index in [9.17, 15) is 13.2 Å². The quantitative estimate of drug-likeness (QED) is 0.664. The van der Waals surface area contributed by atoms with Crippen molar-refractivity contribution in [1.29, 1.82) is 0 Å². The van der Waals surface area contributed by atoms with E-state index in [0.717, 1.165) is 5.56 Å². The second kappa shape index (κ2) is 8.09. The van der Waals surface area contributed by atoms with E-state index in [0.29, 0.717) is 12.2 Å². The van der Waals surface area contributed by atoms with Gasteiger partial charge < -0.3 is 5.32 Å². The minimum atomic E-state index is -3.51. The maximum absolute atomic E-state index is 12.7. The normalized spacial score (nSPS) is 11.3. The third-order valence-electron chi connectivity index (χ3n) is 3.88. The van der Waals surface area contributed by atoms with Crippen LogP contribution in [0.3, 0.4) is 0 Å². The molecular weight excluding hydrogens is 366 g/mol. The third-order valence-corrected chi connectivity index (χ3v) is 5.85. The maximum atomic E-state index is 12.7. The van der Waals surface area contributed by atoms with Gasteiger partial charge in [-0.2, -0.15) is 5.10 Å². The summed E-state index contributed by atoms with van der Waals surface area (Å²) in [4.78, 5) is 20.9. The molecule has 0 unspecified atom stereocenters. The summed E-state index contributed by atoms with van der Waals surface area (Å²) in [5.41, 5.74) is 0.863. The largest absolute Gasteiger partial charge is 0.348 e. The van der Waals surface area contributed by atoms with Crippen LogP contribution in [0, 0.1) is 0 Å². The Morgan fingerprint density at radius 2 is 2.00 bits per heavy atom. The van der Waals surface area contributed by atoms with Gasteiger partial charge in [0, 0.05) is 18.3 Å². The molecule has 0 saturated carbocycles. The van der Waals surface area contributed by atoms with Crippen LogP contribution in [0.5, 0.6) is 0 Å². The minimum Gasteiger partial charge on any atom is -0.348 e. The highest BCUT2D eigenvalue weighted by Crippen LogP contribution is 2.18. The van der Waals surface area contributed by atoms with Gasteiger partial charge in [-0.05, 0) is 24.6 Å². The van der Waals surface area contributed by atoms with Crippen LogP contribution in [-0.4, -0.2) is 39.8 Å². The van der Waals surface area contributed by atoms with E-state index in [1.165, 1.54) is 29.5 Å². The topological polar surface area (TPSA) is 107 Å². The molecule has 2 heterocycles. The van der Waals surface area contributed by atoms with Crippen molar-refractivity contribution in [3.05, 3.63) is 66.4 Å². The molecule has 1 N–H and O–H groups in total. The number of aromatic nitrogens is 4. The van der Waals surface area contributed by atoms with Gasteiger partial charge in [0.2, 0.25) is 0 Å². The first-order valence-corrected chi connectivity index (χ1v) is 10.1. The third kappa shape index (κ3) is 4.20. The Kier molecular flexibility index (Phi) is 5.60. The van der Waals surface area contributed by atoms with Crippen LogP contribution in [0.2, 0.25) is 0 Å². The molecule has 0 fully saturated rings. The molecule has 3 aromatic rings. The van der Waals surface area contributed by atoms with Gasteiger partial charge in [0.05, 0.1) is 16.2 Å². The summed E-state index contributed by atoms with van der Waals surface area (Å²) in [5, 5.41) is 6.82. The van der Waals surface area contributed by atoms with Gasteiger partial charge in [0.25, 0.3) is 5.91 Å². The Hall–Kier alpha value is -3.07. The number of hydrogen-bond donors (Lipinski definition) is 1. The summed E-state index contributed by atoms with van der Waals surface area (Å²) in [6.07, 6.45) is 5.01. The van der Waals surface area contributed by atoms with Gasteiger partial charge in [-0.15, -0.1) is 0 Å². The van der Waals surface area contributed by atoms with E-state index in [1.807, 2.05) is 6.07 Å². The molecule has 0 bridgehead atoms. The number of pyridine rings is 1. The Labute approximate surface area is 157 Å². The van der Waals surface area contributed by atoms with Gasteiger partial charge in [-0.25, -0.2) is 23.1 Å². The first kappa shape index (κ1) is 18.7. The summed E-state index contributed by atoms with van der Waals surface area (Å²) >= 11 is 0. The SMILES string of the molecule is CCCS(=O)(=O)c1ccccc1C(=O)NCc1cccnc1-n1cncn1. The fourth-order valence-corrected chi connectivity index (χ4v) is 4.21. The van der Waals surface area contributed by atoms with Crippen LogP contribution in [0.25, 0.3) is 5.82 Å². The van der Waals surface area contributed by atoms with Crippen molar-refractivity contribution in [3.8, 4) is 5.82 Å². The molecule has 0 radical (unpaired) electrons. The Bertz CT molecular complexity index is 1030. The number of hydrogen-bond acceptors (Lipinski definition) is 6. The molecule has 0 aliphatic heterocycles. The predicted molar refractivity (Wildman–Crippen MR) is 99.1 cm³/mol. The lowest BCUT2D eigenvalue weighted by Crippen LogP contribution is -2.26. The zero-order valence-corrected chi connectivity index (χ0v) is 15.6. The van der Waals surface area contributed by atoms with Gasteiger partial charge >= 0.3 is 0 Å². The lowest BCUT2D eigenvalue weighted by Gasteiger charge is -2.12. The van der Waals surface area contributed by atoms with Crippen molar-refractivity contribution in [3.63, 3.8) is 0 Å². The zero-order valence-electron chi connectivity index (χ0n) is 14.7. The summed E-state index contributed by atoms with van der Waals surface area (Å²) in [5.74, 6) is 0.0805. The second-order valence-corrected chi connectivity index (χ2v) is 7.90. The Morgan fingerprint density at radius 3 is 2.74 bits per heavy atom. The smallest absolute Gasteiger partial charge is 0.252 e. The molecule has 9 heteroatoms. The van der Waals surface area contributed by atoms with E-state index in [-0.39, 0.29) is 22.8 Å². The van der Waals surface area contributed by atoms with E-state index < -0.39 is 15.7 Å². The summed E-state index contributed by atoms with van der Waals surface area (Å²) in [6, 6.07) is 9.80. The second-order valence-electron chi connectivity index (χ2n) is 5.82. The molecule has 2 aromatic heterocycles. The van der Waals surface area contributed by atoms with E-state index in [4.69, 9.17) is 0 Å². The molecule has 1 amide bonds. The van der Waals surface area contributed by atoms with E-state index >= 15 is 0 Å². The van der Waals surface area contributed by atoms with Crippen LogP contribution >= 0.6 is 0 Å². The first-order valence-electron chi connectivity index (χ1n) is 8.42. The molecule has 0 aliphatic rings. The number of rotatable bonds is 7. The predicted octanol–water partition coefficient (Wildman–Crippen LogP) is 1.78. The molecule has 8 nitrogen and oxygen atoms in total. The number of carbonyl (C=O) groups is 1. The van der Waals surface area contributed by atoms with Gasteiger partial charge in [0.15, 0.2) is 15.7 Å². The zero-order chi connectivity index (χ0) is 19.3. The van der Waals surface area contributed by atoms with Crippen LogP contribution in [0.15, 0.2) is 60.1 Å². The molecule has 140 valence electrons. The molecular formula is C18H19N5O3S. The monoisotopic (exact) mass is 385 g/mol. The summed E-state index contributed by atoms with van der Waals surface area (Å²) in [7, 11) is -3.51. The standard InChI is InChI=1S/C18H19N5O3S/c1-2-10-27(25,26)16-8-4-3-7-15(16)18(24)21-11-14-6-5-9-20-17(14)23-13-19-12-22-23/h3-9,12-13H,2,10-11H2,1H3,(H,21,24). The number of nitrogens with one attached hydrogen (secondary N) is 1. The van der Waals surface area contributed by atoms with Crippen molar-refractivity contribution < 1.29 is 13.2 Å². The number of amides is 1. The van der Waals surface area contributed by atoms with Crippen LogP contribution < -0.4 is 5.32 Å². The van der Waals surface area contributed by atoms with Crippen molar-refractivity contribution in [2.24, 2.45) is 0 Å². The molecule has 1 aromatic carbocycles. The molecule has 0 atom stereocenters. The fraction of sp³-hybridized carbons (Fsp3) is 0.222. The van der Waals surface area contributed by atoms with E-state index in [1.54, 1.807) is 31.3 Å². The molecule has 0 spiro atoms. The van der Waals surface area contributed by atoms with Crippen LogP contribution in [0.4, 0.5) is 0 Å². The number of benzene rings is 1.